The van der Waals surface area contributed by atoms with Crippen molar-refractivity contribution in [2.45, 2.75) is 19.8 Å². The summed E-state index contributed by atoms with van der Waals surface area (Å²) in [6, 6.07) is 1.04. The lowest BCUT2D eigenvalue weighted by molar-refractivity contribution is 0.0805. The van der Waals surface area contributed by atoms with Crippen molar-refractivity contribution in [3.05, 3.63) is 18.0 Å². The second-order valence-corrected chi connectivity index (χ2v) is 5.23. The molecule has 3 amide bonds. The number of hydrogen-bond donors (Lipinski definition) is 1. The number of nitrogens with two attached hydrogens (primary N) is 1. The molecule has 126 valence electrons. The van der Waals surface area contributed by atoms with Gasteiger partial charge < -0.3 is 20.3 Å². The van der Waals surface area contributed by atoms with Crippen LogP contribution in [0.25, 0.3) is 0 Å². The average Bonchev–Trinajstić information content (AvgIpc) is 3.05. The third-order valence-corrected chi connectivity index (χ3v) is 3.57. The predicted octanol–water partition coefficient (Wildman–Crippen LogP) is 0.504. The minimum Gasteiger partial charge on any atom is -0.449 e. The summed E-state index contributed by atoms with van der Waals surface area (Å²) < 4.78 is 6.23. The summed E-state index contributed by atoms with van der Waals surface area (Å²) in [6.07, 6.45) is 2.85. The average molecular weight is 323 g/mol. The number of unbranched alkanes of at least 4 members (excludes halogenated alkanes) is 1. The molecule has 1 saturated heterocycles. The molecule has 1 fully saturated rings. The minimum atomic E-state index is -0.684. The largest absolute Gasteiger partial charge is 0.449 e. The molecule has 9 heteroatoms. The summed E-state index contributed by atoms with van der Waals surface area (Å²) in [6.45, 7) is 4.01. The number of hydrogen-bond acceptors (Lipinski definition) is 5. The van der Waals surface area contributed by atoms with Gasteiger partial charge in [-0.15, -0.1) is 0 Å². The highest BCUT2D eigenvalue weighted by Crippen LogP contribution is 2.07. The number of nitrogens with zero attached hydrogens (tertiary/aromatic N) is 4. The third-order valence-electron chi connectivity index (χ3n) is 3.57. The van der Waals surface area contributed by atoms with Crippen LogP contribution >= 0.6 is 0 Å². The highest BCUT2D eigenvalue weighted by Gasteiger charge is 2.26. The highest BCUT2D eigenvalue weighted by molar-refractivity contribution is 5.91. The van der Waals surface area contributed by atoms with E-state index in [1.165, 1.54) is 12.3 Å². The molecule has 0 saturated carbocycles. The Morgan fingerprint density at radius 2 is 1.87 bits per heavy atom. The molecule has 0 unspecified atom stereocenters. The molecule has 2 heterocycles. The van der Waals surface area contributed by atoms with E-state index in [-0.39, 0.29) is 17.8 Å². The van der Waals surface area contributed by atoms with Crippen LogP contribution in [0, 0.1) is 0 Å². The smallest absolute Gasteiger partial charge is 0.409 e. The number of ether oxygens (including phenoxy) is 1. The molecule has 0 bridgehead atoms. The molecular formula is C14H21N5O4. The normalized spacial score (nSPS) is 14.7. The maximum absolute atomic E-state index is 12.3. The van der Waals surface area contributed by atoms with Gasteiger partial charge in [-0.2, -0.15) is 9.78 Å². The number of aromatic nitrogens is 2. The molecule has 0 spiro atoms. The van der Waals surface area contributed by atoms with Gasteiger partial charge in [-0.3, -0.25) is 4.79 Å². The number of amides is 3. The molecule has 1 aromatic rings. The molecule has 1 aliphatic heterocycles. The topological polar surface area (TPSA) is 111 Å². The second kappa shape index (κ2) is 7.61. The van der Waals surface area contributed by atoms with E-state index in [0.717, 1.165) is 17.5 Å². The maximum atomic E-state index is 12.3. The Morgan fingerprint density at radius 3 is 2.43 bits per heavy atom. The molecular weight excluding hydrogens is 302 g/mol. The van der Waals surface area contributed by atoms with Crippen molar-refractivity contribution in [3.8, 4) is 0 Å². The van der Waals surface area contributed by atoms with Crippen LogP contribution in [0.15, 0.2) is 12.3 Å². The van der Waals surface area contributed by atoms with Crippen LogP contribution in [0.1, 0.15) is 30.3 Å². The zero-order valence-electron chi connectivity index (χ0n) is 13.1. The van der Waals surface area contributed by atoms with Gasteiger partial charge in [0.2, 0.25) is 0 Å². The van der Waals surface area contributed by atoms with E-state index < -0.39 is 5.91 Å². The van der Waals surface area contributed by atoms with Crippen molar-refractivity contribution in [3.63, 3.8) is 0 Å². The third kappa shape index (κ3) is 4.21. The van der Waals surface area contributed by atoms with Gasteiger partial charge in [-0.05, 0) is 12.5 Å². The van der Waals surface area contributed by atoms with Crippen molar-refractivity contribution >= 4 is 18.0 Å². The molecule has 1 aromatic heterocycles. The molecule has 23 heavy (non-hydrogen) atoms. The van der Waals surface area contributed by atoms with E-state index in [9.17, 15) is 14.4 Å². The van der Waals surface area contributed by atoms with E-state index in [4.69, 9.17) is 10.5 Å². The van der Waals surface area contributed by atoms with Crippen LogP contribution in [-0.4, -0.2) is 70.4 Å². The molecule has 0 atom stereocenters. The fourth-order valence-electron chi connectivity index (χ4n) is 2.18. The van der Waals surface area contributed by atoms with Gasteiger partial charge in [0.25, 0.3) is 5.91 Å². The lowest BCUT2D eigenvalue weighted by Crippen LogP contribution is -2.51. The molecule has 0 aromatic carbocycles. The first-order valence-electron chi connectivity index (χ1n) is 7.59. The molecule has 0 aliphatic carbocycles. The van der Waals surface area contributed by atoms with Crippen LogP contribution in [0.5, 0.6) is 0 Å². The quantitative estimate of drug-likeness (QED) is 0.811. The summed E-state index contributed by atoms with van der Waals surface area (Å²) in [5.41, 5.74) is 5.15. The zero-order chi connectivity index (χ0) is 16.8. The Morgan fingerprint density at radius 1 is 1.22 bits per heavy atom. The van der Waals surface area contributed by atoms with Crippen LogP contribution in [0.2, 0.25) is 0 Å². The first-order chi connectivity index (χ1) is 11.0. The monoisotopic (exact) mass is 323 g/mol. The maximum Gasteiger partial charge on any atom is 0.409 e. The summed E-state index contributed by atoms with van der Waals surface area (Å²) in [4.78, 5) is 38.2. The van der Waals surface area contributed by atoms with E-state index in [1.54, 1.807) is 9.80 Å². The highest BCUT2D eigenvalue weighted by atomic mass is 16.6. The number of carbonyl (C=O) groups is 3. The van der Waals surface area contributed by atoms with Gasteiger partial charge in [0, 0.05) is 32.4 Å². The number of primary amides is 1. The Labute approximate surface area is 134 Å². The van der Waals surface area contributed by atoms with Crippen LogP contribution in [0.3, 0.4) is 0 Å². The van der Waals surface area contributed by atoms with Gasteiger partial charge in [0.05, 0.1) is 6.61 Å². The van der Waals surface area contributed by atoms with Gasteiger partial charge in [-0.1, -0.05) is 13.3 Å². The van der Waals surface area contributed by atoms with E-state index >= 15 is 0 Å². The SMILES string of the molecule is CCCCOC(=O)N1CCN(C(=O)n2ccc(C(N)=O)n2)CC1. The lowest BCUT2D eigenvalue weighted by atomic mass is 10.3. The van der Waals surface area contributed by atoms with Crippen molar-refractivity contribution in [1.29, 1.82) is 0 Å². The fourth-order valence-corrected chi connectivity index (χ4v) is 2.18. The van der Waals surface area contributed by atoms with E-state index in [0.29, 0.717) is 32.8 Å². The Bertz CT molecular complexity index is 577. The molecule has 2 N–H and O–H groups in total. The molecule has 0 radical (unpaired) electrons. The standard InChI is InChI=1S/C14H21N5O4/c1-2-3-10-23-14(22)18-8-6-17(7-9-18)13(21)19-5-4-11(16-19)12(15)20/h4-5H,2-3,6-10H2,1H3,(H2,15,20). The molecule has 9 nitrogen and oxygen atoms in total. The molecule has 1 aliphatic rings. The first kappa shape index (κ1) is 16.8. The minimum absolute atomic E-state index is 0.0384. The van der Waals surface area contributed by atoms with Crippen molar-refractivity contribution in [2.24, 2.45) is 5.73 Å². The fraction of sp³-hybridized carbons (Fsp3) is 0.571. The van der Waals surface area contributed by atoms with Crippen molar-refractivity contribution in [1.82, 2.24) is 19.6 Å². The Kier molecular flexibility index (Phi) is 5.56. The van der Waals surface area contributed by atoms with Crippen LogP contribution in [0.4, 0.5) is 9.59 Å². The van der Waals surface area contributed by atoms with Gasteiger partial charge in [0.15, 0.2) is 5.69 Å². The van der Waals surface area contributed by atoms with Crippen molar-refractivity contribution in [2.75, 3.05) is 32.8 Å². The predicted molar refractivity (Wildman–Crippen MR) is 80.9 cm³/mol. The Hall–Kier alpha value is -2.58. The number of rotatable bonds is 4. The molecule has 2 rings (SSSR count). The van der Waals surface area contributed by atoms with Gasteiger partial charge in [0.1, 0.15) is 0 Å². The summed E-state index contributed by atoms with van der Waals surface area (Å²) in [5.74, 6) is -0.684. The van der Waals surface area contributed by atoms with Crippen LogP contribution < -0.4 is 5.73 Å². The van der Waals surface area contributed by atoms with E-state index in [2.05, 4.69) is 5.10 Å². The zero-order valence-corrected chi connectivity index (χ0v) is 13.1. The van der Waals surface area contributed by atoms with E-state index in [1.807, 2.05) is 6.92 Å². The Balaban J connectivity index is 1.84. The van der Waals surface area contributed by atoms with Crippen molar-refractivity contribution < 1.29 is 19.1 Å². The van der Waals surface area contributed by atoms with Gasteiger partial charge >= 0.3 is 12.1 Å². The summed E-state index contributed by atoms with van der Waals surface area (Å²) in [7, 11) is 0. The number of carbonyl (C=O) groups excluding carboxylic acids is 3. The van der Waals surface area contributed by atoms with Crippen LogP contribution in [-0.2, 0) is 4.74 Å². The second-order valence-electron chi connectivity index (χ2n) is 5.23. The first-order valence-corrected chi connectivity index (χ1v) is 7.59. The summed E-state index contributed by atoms with van der Waals surface area (Å²) >= 11 is 0. The van der Waals surface area contributed by atoms with Gasteiger partial charge in [-0.25, -0.2) is 9.59 Å². The lowest BCUT2D eigenvalue weighted by Gasteiger charge is -2.33. The summed E-state index contributed by atoms with van der Waals surface area (Å²) in [5, 5.41) is 3.83. The number of piperazine rings is 1.